The molecule has 0 saturated heterocycles. The first-order valence-corrected chi connectivity index (χ1v) is 11.2. The summed E-state index contributed by atoms with van der Waals surface area (Å²) >= 11 is 0. The highest BCUT2D eigenvalue weighted by atomic mass is 16.5. The summed E-state index contributed by atoms with van der Waals surface area (Å²) in [4.78, 5) is 37.7. The standard InChI is InChI=1S/C25H26N6O3/c1-14-9-21(34-19-7-8-26-18(12-19)10-15(2)32)28-23-22(14)29-25(31(23)4)27-20-11-17(16-5-6-16)13-30(3)24(20)33/h7-9,11-13,16H,5-6,10H2,1-4H3,(H,27,29). The number of carbonyl (C=O) groups is 1. The van der Waals surface area contributed by atoms with Crippen molar-refractivity contribution in [2.75, 3.05) is 5.32 Å². The average Bonchev–Trinajstić information content (AvgIpc) is 3.57. The first-order valence-electron chi connectivity index (χ1n) is 11.2. The normalized spacial score (nSPS) is 13.3. The minimum absolute atomic E-state index is 0.0347. The van der Waals surface area contributed by atoms with Crippen LogP contribution in [0.3, 0.4) is 0 Å². The number of imidazole rings is 1. The van der Waals surface area contributed by atoms with Crippen LogP contribution in [0.25, 0.3) is 11.2 Å². The third-order valence-electron chi connectivity index (χ3n) is 5.93. The second-order valence-electron chi connectivity index (χ2n) is 8.91. The Hall–Kier alpha value is -4.01. The fraction of sp³-hybridized carbons (Fsp3) is 0.320. The van der Waals surface area contributed by atoms with Crippen molar-refractivity contribution in [1.29, 1.82) is 0 Å². The Labute approximate surface area is 196 Å². The van der Waals surface area contributed by atoms with Crippen molar-refractivity contribution in [3.8, 4) is 11.6 Å². The molecule has 1 N–H and O–H groups in total. The van der Waals surface area contributed by atoms with Crippen LogP contribution in [0, 0.1) is 6.92 Å². The van der Waals surface area contributed by atoms with Crippen molar-refractivity contribution < 1.29 is 9.53 Å². The molecule has 9 nitrogen and oxygen atoms in total. The molecule has 174 valence electrons. The van der Waals surface area contributed by atoms with Crippen LogP contribution in [-0.2, 0) is 25.3 Å². The second-order valence-corrected chi connectivity index (χ2v) is 8.91. The summed E-state index contributed by atoms with van der Waals surface area (Å²) in [6, 6.07) is 7.21. The second kappa shape index (κ2) is 8.40. The third kappa shape index (κ3) is 4.28. The number of anilines is 2. The number of carbonyl (C=O) groups excluding carboxylic acids is 1. The molecule has 0 bridgehead atoms. The number of ether oxygens (including phenoxy) is 1. The molecule has 1 aliphatic carbocycles. The van der Waals surface area contributed by atoms with Gasteiger partial charge in [0.05, 0.1) is 5.69 Å². The van der Waals surface area contributed by atoms with E-state index in [9.17, 15) is 9.59 Å². The molecule has 0 aliphatic heterocycles. The number of aromatic nitrogens is 5. The maximum Gasteiger partial charge on any atom is 0.274 e. The molecular formula is C25H26N6O3. The number of nitrogens with zero attached hydrogens (tertiary/aromatic N) is 5. The van der Waals surface area contributed by atoms with Gasteiger partial charge in [-0.2, -0.15) is 4.98 Å². The van der Waals surface area contributed by atoms with E-state index >= 15 is 0 Å². The molecule has 5 rings (SSSR count). The van der Waals surface area contributed by atoms with E-state index in [4.69, 9.17) is 9.72 Å². The van der Waals surface area contributed by atoms with Gasteiger partial charge in [0.15, 0.2) is 5.65 Å². The molecule has 0 radical (unpaired) electrons. The van der Waals surface area contributed by atoms with Gasteiger partial charge in [-0.1, -0.05) is 0 Å². The Balaban J connectivity index is 1.47. The van der Waals surface area contributed by atoms with Crippen LogP contribution in [-0.4, -0.2) is 29.9 Å². The summed E-state index contributed by atoms with van der Waals surface area (Å²) in [5, 5.41) is 3.21. The van der Waals surface area contributed by atoms with Gasteiger partial charge in [0.1, 0.15) is 22.7 Å². The zero-order valence-electron chi connectivity index (χ0n) is 19.6. The van der Waals surface area contributed by atoms with E-state index in [2.05, 4.69) is 15.3 Å². The van der Waals surface area contributed by atoms with Gasteiger partial charge in [0, 0.05) is 45.0 Å². The predicted octanol–water partition coefficient (Wildman–Crippen LogP) is 3.92. The monoisotopic (exact) mass is 458 g/mol. The number of hydrogen-bond donors (Lipinski definition) is 1. The highest BCUT2D eigenvalue weighted by Gasteiger charge is 2.25. The Bertz CT molecular complexity index is 1480. The molecule has 34 heavy (non-hydrogen) atoms. The van der Waals surface area contributed by atoms with E-state index in [0.717, 1.165) is 29.5 Å². The number of fused-ring (bicyclic) bond motifs is 1. The lowest BCUT2D eigenvalue weighted by molar-refractivity contribution is -0.116. The molecule has 0 unspecified atom stereocenters. The SMILES string of the molecule is CC(=O)Cc1cc(Oc2cc(C)c3nc(Nc4cc(C5CC5)cn(C)c4=O)n(C)c3n2)ccn1. The van der Waals surface area contributed by atoms with Crippen molar-refractivity contribution in [3.63, 3.8) is 0 Å². The fourth-order valence-corrected chi connectivity index (χ4v) is 4.02. The van der Waals surface area contributed by atoms with E-state index in [-0.39, 0.29) is 17.8 Å². The molecule has 9 heteroatoms. The summed E-state index contributed by atoms with van der Waals surface area (Å²) in [5.41, 5.74) is 4.43. The van der Waals surface area contributed by atoms with E-state index in [1.165, 1.54) is 6.92 Å². The van der Waals surface area contributed by atoms with Gasteiger partial charge in [-0.15, -0.1) is 0 Å². The summed E-state index contributed by atoms with van der Waals surface area (Å²) in [5.74, 6) is 2.05. The zero-order valence-corrected chi connectivity index (χ0v) is 19.6. The predicted molar refractivity (Wildman–Crippen MR) is 129 cm³/mol. The van der Waals surface area contributed by atoms with Crippen molar-refractivity contribution in [2.45, 2.75) is 39.0 Å². The number of aryl methyl sites for hydroxylation is 3. The van der Waals surface area contributed by atoms with Gasteiger partial charge in [-0.25, -0.2) is 4.98 Å². The van der Waals surface area contributed by atoms with Crippen molar-refractivity contribution in [1.82, 2.24) is 24.1 Å². The molecule has 1 aliphatic rings. The summed E-state index contributed by atoms with van der Waals surface area (Å²) in [6.07, 6.45) is 6.09. The molecule has 0 atom stereocenters. The topological polar surface area (TPSA) is 104 Å². The smallest absolute Gasteiger partial charge is 0.274 e. The van der Waals surface area contributed by atoms with Gasteiger partial charge in [0.25, 0.3) is 5.56 Å². The minimum atomic E-state index is -0.107. The highest BCUT2D eigenvalue weighted by molar-refractivity contribution is 5.80. The van der Waals surface area contributed by atoms with Crippen LogP contribution >= 0.6 is 0 Å². The zero-order chi connectivity index (χ0) is 24.0. The minimum Gasteiger partial charge on any atom is -0.439 e. The van der Waals surface area contributed by atoms with Gasteiger partial charge < -0.3 is 14.6 Å². The molecule has 1 fully saturated rings. The molecule has 0 amide bonds. The summed E-state index contributed by atoms with van der Waals surface area (Å²) in [7, 11) is 3.62. The van der Waals surface area contributed by atoms with Crippen LogP contribution in [0.15, 0.2) is 41.5 Å². The van der Waals surface area contributed by atoms with E-state index in [0.29, 0.717) is 40.5 Å². The number of rotatable bonds is 7. The molecule has 4 heterocycles. The maximum atomic E-state index is 12.7. The van der Waals surface area contributed by atoms with Crippen LogP contribution in [0.5, 0.6) is 11.6 Å². The first kappa shape index (κ1) is 21.8. The Morgan fingerprint density at radius 3 is 2.74 bits per heavy atom. The molecule has 0 aromatic carbocycles. The van der Waals surface area contributed by atoms with E-state index in [1.54, 1.807) is 29.9 Å². The van der Waals surface area contributed by atoms with Crippen molar-refractivity contribution >= 4 is 28.6 Å². The van der Waals surface area contributed by atoms with Gasteiger partial charge in [0.2, 0.25) is 11.8 Å². The van der Waals surface area contributed by atoms with Crippen LogP contribution in [0.1, 0.15) is 42.5 Å². The summed E-state index contributed by atoms with van der Waals surface area (Å²) in [6.45, 7) is 3.47. The Morgan fingerprint density at radius 1 is 1.21 bits per heavy atom. The average molecular weight is 459 g/mol. The summed E-state index contributed by atoms with van der Waals surface area (Å²) < 4.78 is 9.40. The van der Waals surface area contributed by atoms with Gasteiger partial charge in [-0.05, 0) is 55.9 Å². The van der Waals surface area contributed by atoms with Crippen LogP contribution in [0.2, 0.25) is 0 Å². The van der Waals surface area contributed by atoms with Gasteiger partial charge >= 0.3 is 0 Å². The number of pyridine rings is 3. The molecular weight excluding hydrogens is 432 g/mol. The van der Waals surface area contributed by atoms with E-state index in [1.807, 2.05) is 36.9 Å². The molecule has 0 spiro atoms. The van der Waals surface area contributed by atoms with Gasteiger partial charge in [-0.3, -0.25) is 19.1 Å². The van der Waals surface area contributed by atoms with Crippen molar-refractivity contribution in [3.05, 3.63) is 63.8 Å². The third-order valence-corrected chi connectivity index (χ3v) is 5.93. The largest absolute Gasteiger partial charge is 0.439 e. The molecule has 1 saturated carbocycles. The first-order chi connectivity index (χ1) is 16.3. The lowest BCUT2D eigenvalue weighted by Crippen LogP contribution is -2.20. The fourth-order valence-electron chi connectivity index (χ4n) is 4.02. The van der Waals surface area contributed by atoms with Crippen LogP contribution < -0.4 is 15.6 Å². The molecule has 4 aromatic heterocycles. The van der Waals surface area contributed by atoms with E-state index < -0.39 is 0 Å². The molecule has 4 aromatic rings. The lowest BCUT2D eigenvalue weighted by Gasteiger charge is -2.10. The lowest BCUT2D eigenvalue weighted by atomic mass is 10.2. The Morgan fingerprint density at radius 2 is 2.00 bits per heavy atom. The number of Topliss-reactive ketones (excluding diaryl/α,β-unsaturated/α-hetero) is 1. The Kier molecular flexibility index (Phi) is 5.39. The quantitative estimate of drug-likeness (QED) is 0.448. The number of nitrogens with one attached hydrogen (secondary N) is 1. The van der Waals surface area contributed by atoms with Crippen molar-refractivity contribution in [2.24, 2.45) is 14.1 Å². The maximum absolute atomic E-state index is 12.7. The number of ketones is 1. The highest BCUT2D eigenvalue weighted by Crippen LogP contribution is 2.40. The van der Waals surface area contributed by atoms with Crippen LogP contribution in [0.4, 0.5) is 11.6 Å². The number of hydrogen-bond acceptors (Lipinski definition) is 7.